The fourth-order valence-electron chi connectivity index (χ4n) is 6.68. The van der Waals surface area contributed by atoms with Crippen molar-refractivity contribution in [1.29, 1.82) is 0 Å². The van der Waals surface area contributed by atoms with E-state index in [1.165, 1.54) is 19.3 Å². The van der Waals surface area contributed by atoms with Crippen molar-refractivity contribution in [1.82, 2.24) is 0 Å². The van der Waals surface area contributed by atoms with Gasteiger partial charge in [-0.15, -0.1) is 0 Å². The summed E-state index contributed by atoms with van der Waals surface area (Å²) in [6.07, 6.45) is 15.4. The van der Waals surface area contributed by atoms with Crippen molar-refractivity contribution in [3.63, 3.8) is 0 Å². The van der Waals surface area contributed by atoms with Crippen LogP contribution in [0.15, 0.2) is 22.1 Å². The Balaban J connectivity index is 2.38. The maximum Gasteiger partial charge on any atom is 0.346 e. The molecule has 0 aromatic rings. The Hall–Kier alpha value is -1.83. The molecule has 0 spiro atoms. The van der Waals surface area contributed by atoms with Gasteiger partial charge in [-0.05, 0) is 76.9 Å². The molecule has 2 aliphatic heterocycles. The summed E-state index contributed by atoms with van der Waals surface area (Å²) >= 11 is 0. The van der Waals surface area contributed by atoms with Gasteiger partial charge < -0.3 is 37.6 Å². The molecule has 314 valence electrons. The van der Waals surface area contributed by atoms with E-state index in [2.05, 4.69) is 52.9 Å². The van der Waals surface area contributed by atoms with E-state index in [0.717, 1.165) is 51.4 Å². The first-order valence-corrected chi connectivity index (χ1v) is 23.9. The highest BCUT2D eigenvalue weighted by Crippen LogP contribution is 2.42. The molecule has 0 bridgehead atoms. The average molecular weight is 783 g/mol. The second-order valence-corrected chi connectivity index (χ2v) is 21.2. The maximum atomic E-state index is 14.5. The summed E-state index contributed by atoms with van der Waals surface area (Å²) < 4.78 is 49.6. The number of methoxy groups -OCH3 is 1. The largest absolute Gasteiger partial charge is 0.480 e. The Morgan fingerprint density at radius 1 is 0.907 bits per heavy atom. The summed E-state index contributed by atoms with van der Waals surface area (Å²) in [7, 11) is -1.01. The number of hydrogen-bond donors (Lipinski definition) is 0. The van der Waals surface area contributed by atoms with Gasteiger partial charge in [-0.25, -0.2) is 14.8 Å². The van der Waals surface area contributed by atoms with Crippen LogP contribution >= 0.6 is 0 Å². The number of ether oxygens (including phenoxy) is 7. The predicted octanol–water partition coefficient (Wildman–Crippen LogP) is 9.58. The first kappa shape index (κ1) is 48.3. The van der Waals surface area contributed by atoms with Crippen LogP contribution in [-0.2, 0) is 42.4 Å². The maximum absolute atomic E-state index is 14.5. The van der Waals surface area contributed by atoms with Crippen LogP contribution in [0.5, 0.6) is 0 Å². The summed E-state index contributed by atoms with van der Waals surface area (Å²) in [5.41, 5.74) is -1.80. The van der Waals surface area contributed by atoms with Gasteiger partial charge in [-0.2, -0.15) is 0 Å². The third kappa shape index (κ3) is 14.0. The third-order valence-corrected chi connectivity index (χ3v) is 15.2. The van der Waals surface area contributed by atoms with Gasteiger partial charge in [0, 0.05) is 20.0 Å². The zero-order chi connectivity index (χ0) is 40.3. The minimum atomic E-state index is -2.59. The highest BCUT2D eigenvalue weighted by Gasteiger charge is 2.62. The van der Waals surface area contributed by atoms with E-state index < -0.39 is 38.1 Å². The van der Waals surface area contributed by atoms with E-state index >= 15 is 0 Å². The van der Waals surface area contributed by atoms with Crippen LogP contribution in [0, 0.1) is 5.92 Å². The first-order chi connectivity index (χ1) is 25.7. The van der Waals surface area contributed by atoms with Gasteiger partial charge in [0.2, 0.25) is 11.8 Å². The molecule has 0 amide bonds. The summed E-state index contributed by atoms with van der Waals surface area (Å²) in [4.78, 5) is 24.8. The van der Waals surface area contributed by atoms with Gasteiger partial charge in [0.15, 0.2) is 14.1 Å². The lowest BCUT2D eigenvalue weighted by atomic mass is 9.85. The summed E-state index contributed by atoms with van der Waals surface area (Å²) in [6, 6.07) is -0.435. The van der Waals surface area contributed by atoms with Crippen LogP contribution in [0.3, 0.4) is 0 Å². The van der Waals surface area contributed by atoms with Gasteiger partial charge in [0.25, 0.3) is 5.54 Å². The molecule has 0 radical (unpaired) electrons. The van der Waals surface area contributed by atoms with Gasteiger partial charge in [0.1, 0.15) is 18.9 Å². The quantitative estimate of drug-likeness (QED) is 0.0278. The van der Waals surface area contributed by atoms with Crippen molar-refractivity contribution < 1.29 is 42.4 Å². The van der Waals surface area contributed by atoms with Crippen molar-refractivity contribution in [2.75, 3.05) is 46.9 Å². The fraction of sp³-hybridized carbons (Fsp3) is 0.881. The molecule has 1 saturated heterocycles. The van der Waals surface area contributed by atoms with Crippen LogP contribution in [0.4, 0.5) is 0 Å². The van der Waals surface area contributed by atoms with Crippen LogP contribution in [0.2, 0.25) is 18.1 Å². The van der Waals surface area contributed by atoms with Crippen molar-refractivity contribution in [2.45, 2.75) is 187 Å². The van der Waals surface area contributed by atoms with E-state index in [9.17, 15) is 4.79 Å². The second-order valence-electron chi connectivity index (χ2n) is 16.4. The van der Waals surface area contributed by atoms with E-state index in [-0.39, 0.29) is 42.6 Å². The summed E-state index contributed by atoms with van der Waals surface area (Å²) in [5, 5.41) is -0.196. The van der Waals surface area contributed by atoms with E-state index in [1.807, 2.05) is 27.7 Å². The minimum Gasteiger partial charge on any atom is -0.480 e. The minimum absolute atomic E-state index is 0.0000588. The molecule has 12 heteroatoms. The Morgan fingerprint density at radius 2 is 1.54 bits per heavy atom. The summed E-state index contributed by atoms with van der Waals surface area (Å²) in [5.74, 6) is -0.409. The van der Waals surface area contributed by atoms with E-state index in [4.69, 9.17) is 47.6 Å². The number of esters is 1. The molecule has 1 fully saturated rings. The second kappa shape index (κ2) is 24.1. The van der Waals surface area contributed by atoms with Crippen LogP contribution in [0.25, 0.3) is 0 Å². The SMILES string of the molecule is CCCCCCC1(CCCCCC/C=C/C[C@@H](OCOC)[C@H](O[Si](C)(C)C(C)(C)C)[C@]2(C(=O)OCC)N=C(OCC)[C@@H](C(C)C)N=C2OCC)OCCO1. The van der Waals surface area contributed by atoms with E-state index in [1.54, 1.807) is 14.0 Å². The normalized spacial score (nSPS) is 21.6. The molecule has 0 aliphatic carbocycles. The summed E-state index contributed by atoms with van der Waals surface area (Å²) in [6.45, 7) is 24.9. The molecule has 11 nitrogen and oxygen atoms in total. The number of allylic oxidation sites excluding steroid dienone is 1. The molecule has 0 aromatic carbocycles. The lowest BCUT2D eigenvalue weighted by Gasteiger charge is -2.47. The number of carbonyl (C=O) groups is 1. The number of hydrogen-bond acceptors (Lipinski definition) is 11. The smallest absolute Gasteiger partial charge is 0.346 e. The molecule has 0 saturated carbocycles. The molecular formula is C42H78N2O9Si. The molecule has 2 heterocycles. The molecule has 4 atom stereocenters. The Bertz CT molecular complexity index is 1160. The topological polar surface area (TPSA) is 116 Å². The van der Waals surface area contributed by atoms with Crippen molar-refractivity contribution in [2.24, 2.45) is 15.9 Å². The Morgan fingerprint density at radius 3 is 2.09 bits per heavy atom. The van der Waals surface area contributed by atoms with Gasteiger partial charge in [-0.1, -0.05) is 85.8 Å². The number of nitrogens with zero attached hydrogens (tertiary/aromatic N) is 2. The van der Waals surface area contributed by atoms with Crippen molar-refractivity contribution >= 4 is 26.1 Å². The monoisotopic (exact) mass is 783 g/mol. The highest BCUT2D eigenvalue weighted by atomic mass is 28.4. The van der Waals surface area contributed by atoms with Crippen LogP contribution < -0.4 is 0 Å². The van der Waals surface area contributed by atoms with Crippen LogP contribution in [0.1, 0.15) is 139 Å². The third-order valence-electron chi connectivity index (χ3n) is 10.7. The lowest BCUT2D eigenvalue weighted by molar-refractivity contribution is -0.168. The van der Waals surface area contributed by atoms with Gasteiger partial charge in [-0.3, -0.25) is 0 Å². The van der Waals surface area contributed by atoms with Crippen LogP contribution in [-0.4, -0.2) is 103 Å². The van der Waals surface area contributed by atoms with Gasteiger partial charge in [0.05, 0.1) is 39.1 Å². The zero-order valence-corrected chi connectivity index (χ0v) is 37.3. The molecule has 0 unspecified atom stereocenters. The fourth-order valence-corrected chi connectivity index (χ4v) is 7.99. The average Bonchev–Trinajstić information content (AvgIpc) is 3.58. The predicted molar refractivity (Wildman–Crippen MR) is 220 cm³/mol. The Labute approximate surface area is 329 Å². The molecule has 54 heavy (non-hydrogen) atoms. The van der Waals surface area contributed by atoms with Gasteiger partial charge >= 0.3 is 5.97 Å². The lowest BCUT2D eigenvalue weighted by Crippen LogP contribution is -2.66. The number of rotatable bonds is 26. The number of carbonyl (C=O) groups excluding carboxylic acids is 1. The number of unbranched alkanes of at least 4 members (excludes halogenated alkanes) is 7. The Kier molecular flexibility index (Phi) is 21.5. The molecule has 0 N–H and O–H groups in total. The van der Waals surface area contributed by atoms with Crippen molar-refractivity contribution in [3.8, 4) is 0 Å². The molecule has 0 aromatic heterocycles. The molecular weight excluding hydrogens is 705 g/mol. The van der Waals surface area contributed by atoms with Crippen molar-refractivity contribution in [3.05, 3.63) is 12.2 Å². The molecule has 2 aliphatic rings. The number of aliphatic imine (C=N–C) groups is 2. The van der Waals surface area contributed by atoms with E-state index in [0.29, 0.717) is 32.1 Å². The molecule has 2 rings (SSSR count). The highest BCUT2D eigenvalue weighted by molar-refractivity contribution is 6.74. The first-order valence-electron chi connectivity index (χ1n) is 21.0. The zero-order valence-electron chi connectivity index (χ0n) is 36.3. The standard InChI is InChI=1S/C42H78N2O9Si/c1-13-17-18-25-28-41(51-30-31-52-41)29-26-23-21-19-20-22-24-27-34(50-32-46-10)36(53-54(11,12)40(7,8)9)42(39(45)49-16-4)38(48-15-3)43-35(33(5)6)37(44-42)47-14-2/h22,24,33-36H,13-21,23,25-32H2,1-12H3/b24-22+/t34-,35-,36+,42+/m1/s1.